The van der Waals surface area contributed by atoms with Gasteiger partial charge in [0.25, 0.3) is 0 Å². The van der Waals surface area contributed by atoms with E-state index in [1.54, 1.807) is 6.92 Å². The normalized spacial score (nSPS) is 23.5. The Morgan fingerprint density at radius 1 is 1.21 bits per heavy atom. The van der Waals surface area contributed by atoms with Gasteiger partial charge < -0.3 is 10.2 Å². The second-order valence-electron chi connectivity index (χ2n) is 4.96. The van der Waals surface area contributed by atoms with Gasteiger partial charge in [-0.1, -0.05) is 30.3 Å². The van der Waals surface area contributed by atoms with Crippen LogP contribution in [0.2, 0.25) is 0 Å². The molecule has 1 saturated heterocycles. The van der Waals surface area contributed by atoms with E-state index in [1.807, 2.05) is 30.3 Å². The van der Waals surface area contributed by atoms with Crippen molar-refractivity contribution < 1.29 is 19.8 Å². The Morgan fingerprint density at radius 2 is 1.79 bits per heavy atom. The summed E-state index contributed by atoms with van der Waals surface area (Å²) in [6, 6.07) is 8.23. The molecule has 0 radical (unpaired) electrons. The van der Waals surface area contributed by atoms with Crippen LogP contribution in [0.15, 0.2) is 30.3 Å². The molecule has 1 aromatic rings. The van der Waals surface area contributed by atoms with Gasteiger partial charge in [-0.05, 0) is 12.5 Å². The molecule has 0 aromatic heterocycles. The first-order valence-electron chi connectivity index (χ1n) is 6.18. The maximum atomic E-state index is 12.5. The Kier molecular flexibility index (Phi) is 3.68. The summed E-state index contributed by atoms with van der Waals surface area (Å²) < 4.78 is 0. The zero-order valence-corrected chi connectivity index (χ0v) is 10.7. The molecule has 5 heteroatoms. The van der Waals surface area contributed by atoms with Crippen molar-refractivity contribution in [3.05, 3.63) is 35.9 Å². The summed E-state index contributed by atoms with van der Waals surface area (Å²) >= 11 is 0. The number of carbonyl (C=O) groups excluding carboxylic acids is 2. The highest BCUT2D eigenvalue weighted by atomic mass is 16.3. The van der Waals surface area contributed by atoms with Crippen molar-refractivity contribution in [2.24, 2.45) is 0 Å². The lowest BCUT2D eigenvalue weighted by Gasteiger charge is -2.26. The number of amides is 2. The Morgan fingerprint density at radius 3 is 2.32 bits per heavy atom. The van der Waals surface area contributed by atoms with Gasteiger partial charge in [0.1, 0.15) is 0 Å². The van der Waals surface area contributed by atoms with E-state index in [0.29, 0.717) is 0 Å². The first kappa shape index (κ1) is 13.7. The van der Waals surface area contributed by atoms with Crippen LogP contribution >= 0.6 is 0 Å². The number of likely N-dealkylation sites (tertiary alicyclic amines) is 1. The van der Waals surface area contributed by atoms with Crippen LogP contribution in [0.1, 0.15) is 18.9 Å². The average molecular weight is 263 g/mol. The number of carbonyl (C=O) groups is 2. The summed E-state index contributed by atoms with van der Waals surface area (Å²) in [5, 5.41) is 18.3. The van der Waals surface area contributed by atoms with E-state index in [9.17, 15) is 9.59 Å². The van der Waals surface area contributed by atoms with Crippen LogP contribution in [0.3, 0.4) is 0 Å². The predicted octanol–water partition coefficient (Wildman–Crippen LogP) is 0.0564. The summed E-state index contributed by atoms with van der Waals surface area (Å²) in [6.45, 7) is 0.853. The minimum absolute atomic E-state index is 0.0619. The van der Waals surface area contributed by atoms with E-state index >= 15 is 0 Å². The minimum atomic E-state index is -0.916. The second-order valence-corrected chi connectivity index (χ2v) is 4.96. The van der Waals surface area contributed by atoms with Crippen molar-refractivity contribution in [3.63, 3.8) is 0 Å². The molecule has 5 nitrogen and oxygen atoms in total. The van der Waals surface area contributed by atoms with E-state index in [2.05, 4.69) is 0 Å². The lowest BCUT2D eigenvalue weighted by Crippen LogP contribution is -2.46. The fourth-order valence-electron chi connectivity index (χ4n) is 2.46. The summed E-state index contributed by atoms with van der Waals surface area (Å²) in [6.07, 6.45) is 0.0619. The van der Waals surface area contributed by atoms with Crippen molar-refractivity contribution in [3.8, 4) is 0 Å². The number of rotatable bonds is 4. The number of aliphatic hydroxyl groups excluding tert-OH is 2. The number of hydrogen-bond donors (Lipinski definition) is 2. The van der Waals surface area contributed by atoms with Crippen LogP contribution in [-0.4, -0.2) is 46.2 Å². The molecule has 2 amide bonds. The molecule has 0 bridgehead atoms. The molecule has 2 rings (SSSR count). The van der Waals surface area contributed by atoms with E-state index < -0.39 is 24.7 Å². The quantitative estimate of drug-likeness (QED) is 0.753. The van der Waals surface area contributed by atoms with E-state index in [1.165, 1.54) is 0 Å². The first-order valence-corrected chi connectivity index (χ1v) is 6.18. The average Bonchev–Trinajstić information content (AvgIpc) is 2.66. The van der Waals surface area contributed by atoms with Gasteiger partial charge in [-0.2, -0.15) is 0 Å². The van der Waals surface area contributed by atoms with Crippen LogP contribution in [0.5, 0.6) is 0 Å². The van der Waals surface area contributed by atoms with E-state index in [0.717, 1.165) is 10.5 Å². The van der Waals surface area contributed by atoms with Gasteiger partial charge in [-0.15, -0.1) is 0 Å². The number of nitrogens with zero attached hydrogens (tertiary/aromatic N) is 1. The first-order chi connectivity index (χ1) is 9.04. The third-order valence-electron chi connectivity index (χ3n) is 3.66. The second kappa shape index (κ2) is 5.11. The Labute approximate surface area is 111 Å². The number of benzene rings is 1. The third kappa shape index (κ3) is 2.15. The van der Waals surface area contributed by atoms with Gasteiger partial charge in [-0.25, -0.2) is 0 Å². The number of hydrogen-bond acceptors (Lipinski definition) is 4. The highest BCUT2D eigenvalue weighted by Crippen LogP contribution is 2.36. The molecule has 1 fully saturated rings. The van der Waals surface area contributed by atoms with E-state index in [-0.39, 0.29) is 18.2 Å². The molecule has 1 heterocycles. The van der Waals surface area contributed by atoms with Crippen molar-refractivity contribution in [1.29, 1.82) is 0 Å². The molecular formula is C14H17NO4. The molecule has 102 valence electrons. The van der Waals surface area contributed by atoms with Crippen molar-refractivity contribution >= 4 is 11.8 Å². The summed E-state index contributed by atoms with van der Waals surface area (Å²) in [4.78, 5) is 25.5. The Balaban J connectivity index is 2.37. The standard InChI is InChI=1S/C14H17NO4/c1-14(10-5-3-2-4-6-10)7-12(18)15(13(14)19)11(8-16)9-17/h2-6,11,16-17H,7-9H2,1H3. The van der Waals surface area contributed by atoms with Crippen LogP contribution < -0.4 is 0 Å². The zero-order valence-electron chi connectivity index (χ0n) is 10.7. The van der Waals surface area contributed by atoms with Crippen LogP contribution in [0.25, 0.3) is 0 Å². The maximum absolute atomic E-state index is 12.5. The van der Waals surface area contributed by atoms with Gasteiger partial charge in [-0.3, -0.25) is 14.5 Å². The molecule has 0 saturated carbocycles. The molecule has 0 spiro atoms. The molecule has 1 aliphatic heterocycles. The van der Waals surface area contributed by atoms with Gasteiger partial charge in [0.05, 0.1) is 24.7 Å². The largest absolute Gasteiger partial charge is 0.394 e. The molecular weight excluding hydrogens is 246 g/mol. The van der Waals surface area contributed by atoms with Crippen molar-refractivity contribution in [1.82, 2.24) is 4.90 Å². The summed E-state index contributed by atoms with van der Waals surface area (Å²) in [7, 11) is 0. The SMILES string of the molecule is CC1(c2ccccc2)CC(=O)N(C(CO)CO)C1=O. The molecule has 1 unspecified atom stereocenters. The predicted molar refractivity (Wildman–Crippen MR) is 68.2 cm³/mol. The van der Waals surface area contributed by atoms with Gasteiger partial charge >= 0.3 is 0 Å². The summed E-state index contributed by atoms with van der Waals surface area (Å²) in [5.74, 6) is -0.721. The minimum Gasteiger partial charge on any atom is -0.394 e. The Bertz CT molecular complexity index is 483. The molecule has 19 heavy (non-hydrogen) atoms. The summed E-state index contributed by atoms with van der Waals surface area (Å²) in [5.41, 5.74) is -0.147. The van der Waals surface area contributed by atoms with E-state index in [4.69, 9.17) is 10.2 Å². The van der Waals surface area contributed by atoms with Crippen LogP contribution in [0.4, 0.5) is 0 Å². The highest BCUT2D eigenvalue weighted by molar-refractivity contribution is 6.09. The fraction of sp³-hybridized carbons (Fsp3) is 0.429. The smallest absolute Gasteiger partial charge is 0.240 e. The molecule has 1 atom stereocenters. The molecule has 2 N–H and O–H groups in total. The lowest BCUT2D eigenvalue weighted by molar-refractivity contribution is -0.144. The fourth-order valence-corrected chi connectivity index (χ4v) is 2.46. The van der Waals surface area contributed by atoms with Gasteiger partial charge in [0.2, 0.25) is 11.8 Å². The zero-order chi connectivity index (χ0) is 14.0. The van der Waals surface area contributed by atoms with Crippen molar-refractivity contribution in [2.45, 2.75) is 24.8 Å². The number of imide groups is 1. The van der Waals surface area contributed by atoms with Gasteiger partial charge in [0.15, 0.2) is 0 Å². The molecule has 1 aromatic carbocycles. The Hall–Kier alpha value is -1.72. The van der Waals surface area contributed by atoms with Crippen molar-refractivity contribution in [2.75, 3.05) is 13.2 Å². The van der Waals surface area contributed by atoms with Crippen LogP contribution in [-0.2, 0) is 15.0 Å². The maximum Gasteiger partial charge on any atom is 0.240 e. The monoisotopic (exact) mass is 263 g/mol. The highest BCUT2D eigenvalue weighted by Gasteiger charge is 2.51. The molecule has 1 aliphatic rings. The topological polar surface area (TPSA) is 77.8 Å². The van der Waals surface area contributed by atoms with Crippen LogP contribution in [0, 0.1) is 0 Å². The lowest BCUT2D eigenvalue weighted by atomic mass is 9.81. The third-order valence-corrected chi connectivity index (χ3v) is 3.66. The van der Waals surface area contributed by atoms with Gasteiger partial charge in [0, 0.05) is 6.42 Å². The molecule has 0 aliphatic carbocycles. The number of aliphatic hydroxyl groups is 2.